The maximum Gasteiger partial charge on any atom is 0.243 e. The molecular formula is C20H24N6O2S. The first-order valence-corrected chi connectivity index (χ1v) is 11.6. The number of piperidine rings is 1. The van der Waals surface area contributed by atoms with Crippen molar-refractivity contribution in [2.24, 2.45) is 0 Å². The summed E-state index contributed by atoms with van der Waals surface area (Å²) >= 11 is 0. The Morgan fingerprint density at radius 3 is 2.52 bits per heavy atom. The van der Waals surface area contributed by atoms with Gasteiger partial charge in [-0.05, 0) is 43.4 Å². The number of nitrogens with one attached hydrogen (secondary N) is 1. The fourth-order valence-corrected chi connectivity index (χ4v) is 5.33. The molecule has 1 aromatic carbocycles. The van der Waals surface area contributed by atoms with Crippen molar-refractivity contribution in [3.05, 3.63) is 48.0 Å². The van der Waals surface area contributed by atoms with E-state index >= 15 is 0 Å². The molecule has 9 heteroatoms. The third kappa shape index (κ3) is 3.60. The largest absolute Gasteiger partial charge is 0.363 e. The molecule has 2 aliphatic rings. The SMILES string of the molecule is O=S(=O)(c1ccc(CNc2nccn3c(C4CC4)nnc23)cc1)N1CCCCC1. The lowest BCUT2D eigenvalue weighted by Gasteiger charge is -2.25. The number of hydrogen-bond donors (Lipinski definition) is 1. The number of anilines is 1. The molecule has 29 heavy (non-hydrogen) atoms. The van der Waals surface area contributed by atoms with Crippen molar-refractivity contribution < 1.29 is 8.42 Å². The zero-order valence-electron chi connectivity index (χ0n) is 16.2. The van der Waals surface area contributed by atoms with Gasteiger partial charge in [0.2, 0.25) is 15.7 Å². The molecular weight excluding hydrogens is 388 g/mol. The fraction of sp³-hybridized carbons (Fsp3) is 0.450. The lowest BCUT2D eigenvalue weighted by molar-refractivity contribution is 0.346. The number of aromatic nitrogens is 4. The first-order chi connectivity index (χ1) is 14.1. The number of rotatable bonds is 6. The minimum atomic E-state index is -3.40. The van der Waals surface area contributed by atoms with E-state index in [0.717, 1.165) is 36.3 Å². The highest BCUT2D eigenvalue weighted by molar-refractivity contribution is 7.89. The van der Waals surface area contributed by atoms with Crippen LogP contribution in [0.1, 0.15) is 49.4 Å². The van der Waals surface area contributed by atoms with Gasteiger partial charge in [-0.3, -0.25) is 4.40 Å². The van der Waals surface area contributed by atoms with Crippen LogP contribution in [0.25, 0.3) is 5.65 Å². The van der Waals surface area contributed by atoms with Crippen LogP contribution in [0.15, 0.2) is 41.6 Å². The Balaban J connectivity index is 1.30. The van der Waals surface area contributed by atoms with Crippen molar-refractivity contribution >= 4 is 21.5 Å². The van der Waals surface area contributed by atoms with E-state index in [1.165, 1.54) is 12.8 Å². The predicted molar refractivity (Wildman–Crippen MR) is 109 cm³/mol. The quantitative estimate of drug-likeness (QED) is 0.669. The summed E-state index contributed by atoms with van der Waals surface area (Å²) in [5, 5.41) is 11.9. The minimum absolute atomic E-state index is 0.356. The van der Waals surface area contributed by atoms with Gasteiger partial charge in [0, 0.05) is 37.9 Å². The Labute approximate surface area is 170 Å². The lowest BCUT2D eigenvalue weighted by atomic mass is 10.2. The number of sulfonamides is 1. The smallest absolute Gasteiger partial charge is 0.243 e. The Hall–Kier alpha value is -2.52. The summed E-state index contributed by atoms with van der Waals surface area (Å²) in [6.45, 7) is 1.76. The maximum atomic E-state index is 12.8. The van der Waals surface area contributed by atoms with Gasteiger partial charge in [-0.2, -0.15) is 4.31 Å². The summed E-state index contributed by atoms with van der Waals surface area (Å²) in [6, 6.07) is 7.08. The third-order valence-corrected chi connectivity index (χ3v) is 7.54. The van der Waals surface area contributed by atoms with Gasteiger partial charge in [-0.1, -0.05) is 18.6 Å². The van der Waals surface area contributed by atoms with Crippen LogP contribution in [0, 0.1) is 0 Å². The van der Waals surface area contributed by atoms with E-state index in [0.29, 0.717) is 36.3 Å². The fourth-order valence-electron chi connectivity index (χ4n) is 3.81. The van der Waals surface area contributed by atoms with Gasteiger partial charge in [0.15, 0.2) is 5.82 Å². The number of benzene rings is 1. The van der Waals surface area contributed by atoms with Crippen molar-refractivity contribution in [2.75, 3.05) is 18.4 Å². The Morgan fingerprint density at radius 1 is 1.03 bits per heavy atom. The van der Waals surface area contributed by atoms with Gasteiger partial charge in [-0.15, -0.1) is 10.2 Å². The van der Waals surface area contributed by atoms with Gasteiger partial charge in [0.1, 0.15) is 5.82 Å². The highest BCUT2D eigenvalue weighted by atomic mass is 32.2. The van der Waals surface area contributed by atoms with Gasteiger partial charge >= 0.3 is 0 Å². The van der Waals surface area contributed by atoms with Crippen LogP contribution in [0.4, 0.5) is 5.82 Å². The van der Waals surface area contributed by atoms with Crippen LogP contribution in [-0.2, 0) is 16.6 Å². The van der Waals surface area contributed by atoms with Crippen molar-refractivity contribution in [3.8, 4) is 0 Å². The van der Waals surface area contributed by atoms with Gasteiger partial charge in [0.05, 0.1) is 4.90 Å². The van der Waals surface area contributed by atoms with Crippen LogP contribution in [0.5, 0.6) is 0 Å². The molecule has 0 unspecified atom stereocenters. The Kier molecular flexibility index (Phi) is 4.71. The first-order valence-electron chi connectivity index (χ1n) is 10.2. The molecule has 0 amide bonds. The predicted octanol–water partition coefficient (Wildman–Crippen LogP) is 2.79. The van der Waals surface area contributed by atoms with E-state index in [4.69, 9.17) is 0 Å². The molecule has 3 heterocycles. The van der Waals surface area contributed by atoms with E-state index < -0.39 is 10.0 Å². The van der Waals surface area contributed by atoms with Crippen molar-refractivity contribution in [1.82, 2.24) is 23.9 Å². The van der Waals surface area contributed by atoms with Crippen LogP contribution in [-0.4, -0.2) is 45.4 Å². The average Bonchev–Trinajstić information content (AvgIpc) is 3.51. The van der Waals surface area contributed by atoms with Crippen LogP contribution >= 0.6 is 0 Å². The normalized spacial score (nSPS) is 18.2. The van der Waals surface area contributed by atoms with E-state index in [1.54, 1.807) is 22.6 Å². The van der Waals surface area contributed by atoms with Gasteiger partial charge in [-0.25, -0.2) is 13.4 Å². The average molecular weight is 413 g/mol. The number of hydrogen-bond acceptors (Lipinski definition) is 6. The first kappa shape index (κ1) is 18.5. The van der Waals surface area contributed by atoms with Crippen LogP contribution in [0.2, 0.25) is 0 Å². The minimum Gasteiger partial charge on any atom is -0.363 e. The molecule has 0 atom stereocenters. The molecule has 0 bridgehead atoms. The molecule has 2 aromatic heterocycles. The number of nitrogens with zero attached hydrogens (tertiary/aromatic N) is 5. The van der Waals surface area contributed by atoms with E-state index in [2.05, 4.69) is 20.5 Å². The van der Waals surface area contributed by atoms with E-state index in [1.807, 2.05) is 22.7 Å². The molecule has 0 spiro atoms. The summed E-state index contributed by atoms with van der Waals surface area (Å²) in [6.07, 6.45) is 8.95. The topological polar surface area (TPSA) is 92.5 Å². The molecule has 3 aromatic rings. The highest BCUT2D eigenvalue weighted by Gasteiger charge is 2.29. The molecule has 1 saturated carbocycles. The molecule has 2 fully saturated rings. The Bertz CT molecular complexity index is 1120. The monoisotopic (exact) mass is 412 g/mol. The second kappa shape index (κ2) is 7.38. The van der Waals surface area contributed by atoms with Crippen LogP contribution in [0.3, 0.4) is 0 Å². The third-order valence-electron chi connectivity index (χ3n) is 5.63. The van der Waals surface area contributed by atoms with Crippen molar-refractivity contribution in [1.29, 1.82) is 0 Å². The zero-order chi connectivity index (χ0) is 19.8. The molecule has 152 valence electrons. The molecule has 1 aliphatic heterocycles. The molecule has 0 radical (unpaired) electrons. The Morgan fingerprint density at radius 2 is 1.79 bits per heavy atom. The lowest BCUT2D eigenvalue weighted by Crippen LogP contribution is -2.35. The van der Waals surface area contributed by atoms with Crippen molar-refractivity contribution in [3.63, 3.8) is 0 Å². The summed E-state index contributed by atoms with van der Waals surface area (Å²) in [5.41, 5.74) is 1.70. The molecule has 1 aliphatic carbocycles. The summed E-state index contributed by atoms with van der Waals surface area (Å²) < 4.78 is 29.1. The highest BCUT2D eigenvalue weighted by Crippen LogP contribution is 2.39. The van der Waals surface area contributed by atoms with E-state index in [9.17, 15) is 8.42 Å². The van der Waals surface area contributed by atoms with E-state index in [-0.39, 0.29) is 0 Å². The van der Waals surface area contributed by atoms with Gasteiger partial charge < -0.3 is 5.32 Å². The standard InChI is InChI=1S/C20H24N6O2S/c27-29(28,25-11-2-1-3-12-25)17-8-4-15(5-9-17)14-22-18-20-24-23-19(16-6-7-16)26(20)13-10-21-18/h4-5,8-10,13,16H,1-3,6-7,11-12,14H2,(H,21,22). The maximum absolute atomic E-state index is 12.8. The summed E-state index contributed by atoms with van der Waals surface area (Å²) in [5.74, 6) is 2.18. The molecule has 5 rings (SSSR count). The summed E-state index contributed by atoms with van der Waals surface area (Å²) in [7, 11) is -3.40. The number of fused-ring (bicyclic) bond motifs is 1. The molecule has 1 saturated heterocycles. The summed E-state index contributed by atoms with van der Waals surface area (Å²) in [4.78, 5) is 4.75. The zero-order valence-corrected chi connectivity index (χ0v) is 17.0. The second-order valence-electron chi connectivity index (χ2n) is 7.76. The molecule has 8 nitrogen and oxygen atoms in total. The molecule has 1 N–H and O–H groups in total. The van der Waals surface area contributed by atoms with Crippen LogP contribution < -0.4 is 5.32 Å². The van der Waals surface area contributed by atoms with Gasteiger partial charge in [0.25, 0.3) is 0 Å². The van der Waals surface area contributed by atoms with Crippen molar-refractivity contribution in [2.45, 2.75) is 49.5 Å². The second-order valence-corrected chi connectivity index (χ2v) is 9.70.